The van der Waals surface area contributed by atoms with E-state index in [-0.39, 0.29) is 0 Å². The van der Waals surface area contributed by atoms with Gasteiger partial charge in [-0.25, -0.2) is 9.97 Å². The van der Waals surface area contributed by atoms with Crippen LogP contribution in [0.25, 0.3) is 11.3 Å². The van der Waals surface area contributed by atoms with E-state index in [1.54, 1.807) is 6.20 Å². The Kier molecular flexibility index (Phi) is 4.20. The summed E-state index contributed by atoms with van der Waals surface area (Å²) < 4.78 is 2.20. The minimum Gasteiger partial charge on any atom is -0.383 e. The van der Waals surface area contributed by atoms with Crippen molar-refractivity contribution in [2.45, 2.75) is 25.8 Å². The second-order valence-electron chi connectivity index (χ2n) is 5.94. The Labute approximate surface area is 125 Å². The van der Waals surface area contributed by atoms with E-state index < -0.39 is 0 Å². The van der Waals surface area contributed by atoms with Gasteiger partial charge in [0, 0.05) is 18.3 Å². The fourth-order valence-corrected chi connectivity index (χ4v) is 3.03. The molecule has 3 rings (SSSR count). The van der Waals surface area contributed by atoms with Crippen molar-refractivity contribution in [1.82, 2.24) is 19.4 Å². The average molecular weight is 285 g/mol. The maximum Gasteiger partial charge on any atom is 0.132 e. The monoisotopic (exact) mass is 285 g/mol. The number of likely N-dealkylation sites (tertiary alicyclic amines) is 1. The van der Waals surface area contributed by atoms with E-state index in [1.165, 1.54) is 32.4 Å². The third kappa shape index (κ3) is 3.24. The lowest BCUT2D eigenvalue weighted by molar-refractivity contribution is 0.208. The van der Waals surface area contributed by atoms with Crippen LogP contribution in [0, 0.1) is 5.92 Å². The number of anilines is 1. The summed E-state index contributed by atoms with van der Waals surface area (Å²) in [4.78, 5) is 10.9. The summed E-state index contributed by atoms with van der Waals surface area (Å²) in [5.74, 6) is 1.39. The van der Waals surface area contributed by atoms with Crippen LogP contribution in [0.1, 0.15) is 19.3 Å². The Bertz CT molecular complexity index is 584. The van der Waals surface area contributed by atoms with Gasteiger partial charge in [-0.15, -0.1) is 0 Å². The first-order valence-corrected chi connectivity index (χ1v) is 7.63. The predicted molar refractivity (Wildman–Crippen MR) is 84.7 cm³/mol. The van der Waals surface area contributed by atoms with E-state index in [0.717, 1.165) is 23.7 Å². The van der Waals surface area contributed by atoms with Crippen molar-refractivity contribution in [3.8, 4) is 11.3 Å². The van der Waals surface area contributed by atoms with Crippen LogP contribution >= 0.6 is 0 Å². The van der Waals surface area contributed by atoms with Crippen molar-refractivity contribution >= 4 is 5.82 Å². The van der Waals surface area contributed by atoms with Gasteiger partial charge in [0.15, 0.2) is 0 Å². The highest BCUT2D eigenvalue weighted by molar-refractivity contribution is 5.70. The lowest BCUT2D eigenvalue weighted by Crippen LogP contribution is -2.30. The Morgan fingerprint density at radius 2 is 2.14 bits per heavy atom. The minimum absolute atomic E-state index is 0.568. The van der Waals surface area contributed by atoms with E-state index in [4.69, 9.17) is 5.73 Å². The number of pyridine rings is 1. The highest BCUT2D eigenvalue weighted by Gasteiger charge is 2.17. The second-order valence-corrected chi connectivity index (χ2v) is 5.94. The first-order chi connectivity index (χ1) is 10.2. The maximum atomic E-state index is 5.98. The zero-order valence-electron chi connectivity index (χ0n) is 12.6. The Hall–Kier alpha value is -1.88. The molecule has 0 aliphatic carbocycles. The predicted octanol–water partition coefficient (Wildman–Crippen LogP) is 2.26. The van der Waals surface area contributed by atoms with Gasteiger partial charge in [-0.05, 0) is 57.5 Å². The van der Waals surface area contributed by atoms with Crippen LogP contribution in [0.15, 0.2) is 30.9 Å². The van der Waals surface area contributed by atoms with E-state index >= 15 is 0 Å². The molecule has 0 spiro atoms. The van der Waals surface area contributed by atoms with Crippen molar-refractivity contribution in [2.75, 3.05) is 25.9 Å². The molecule has 2 N–H and O–H groups in total. The Morgan fingerprint density at radius 1 is 1.33 bits per heavy atom. The minimum atomic E-state index is 0.568. The Balaban J connectivity index is 1.67. The standard InChI is InChI=1S/C16H23N5/c1-20-8-4-13(5-9-20)6-10-21-12-18-11-15(21)14-3-2-7-19-16(14)17/h2-3,7,11-13H,4-6,8-10H2,1H3,(H2,17,19). The van der Waals surface area contributed by atoms with Crippen molar-refractivity contribution < 1.29 is 0 Å². The first-order valence-electron chi connectivity index (χ1n) is 7.63. The molecular weight excluding hydrogens is 262 g/mol. The number of hydrogen-bond donors (Lipinski definition) is 1. The lowest BCUT2D eigenvalue weighted by atomic mass is 9.94. The van der Waals surface area contributed by atoms with Crippen LogP contribution in [0.4, 0.5) is 5.82 Å². The van der Waals surface area contributed by atoms with Gasteiger partial charge in [0.25, 0.3) is 0 Å². The van der Waals surface area contributed by atoms with E-state index in [2.05, 4.69) is 26.5 Å². The molecule has 1 aliphatic heterocycles. The molecule has 112 valence electrons. The van der Waals surface area contributed by atoms with Gasteiger partial charge in [-0.3, -0.25) is 0 Å². The van der Waals surface area contributed by atoms with E-state index in [1.807, 2.05) is 24.7 Å². The number of nitrogens with zero attached hydrogens (tertiary/aromatic N) is 4. The molecule has 0 bridgehead atoms. The molecule has 2 aromatic heterocycles. The summed E-state index contributed by atoms with van der Waals surface area (Å²) in [5, 5.41) is 0. The van der Waals surface area contributed by atoms with Gasteiger partial charge >= 0.3 is 0 Å². The van der Waals surface area contributed by atoms with Gasteiger partial charge in [0.1, 0.15) is 5.82 Å². The fourth-order valence-electron chi connectivity index (χ4n) is 3.03. The van der Waals surface area contributed by atoms with Crippen LogP contribution in [0.3, 0.4) is 0 Å². The molecule has 2 aromatic rings. The van der Waals surface area contributed by atoms with Gasteiger partial charge < -0.3 is 15.2 Å². The van der Waals surface area contributed by atoms with Crippen LogP contribution < -0.4 is 5.73 Å². The average Bonchev–Trinajstić information content (AvgIpc) is 2.95. The van der Waals surface area contributed by atoms with Crippen LogP contribution in [0.5, 0.6) is 0 Å². The Morgan fingerprint density at radius 3 is 2.90 bits per heavy atom. The first kappa shape index (κ1) is 14.1. The molecule has 5 heteroatoms. The van der Waals surface area contributed by atoms with Crippen LogP contribution in [-0.4, -0.2) is 39.6 Å². The van der Waals surface area contributed by atoms with Gasteiger partial charge in [-0.2, -0.15) is 0 Å². The van der Waals surface area contributed by atoms with E-state index in [9.17, 15) is 0 Å². The maximum absolute atomic E-state index is 5.98. The molecule has 0 radical (unpaired) electrons. The van der Waals surface area contributed by atoms with Crippen molar-refractivity contribution in [2.24, 2.45) is 5.92 Å². The summed E-state index contributed by atoms with van der Waals surface area (Å²) in [5.41, 5.74) is 8.01. The number of aryl methyl sites for hydroxylation is 1. The number of nitrogens with two attached hydrogens (primary N) is 1. The normalized spacial score (nSPS) is 17.2. The molecule has 1 saturated heterocycles. The molecule has 1 fully saturated rings. The molecule has 1 aliphatic rings. The highest BCUT2D eigenvalue weighted by atomic mass is 15.1. The summed E-state index contributed by atoms with van der Waals surface area (Å²) in [6.07, 6.45) is 9.30. The quantitative estimate of drug-likeness (QED) is 0.936. The SMILES string of the molecule is CN1CCC(CCn2cncc2-c2cccnc2N)CC1. The molecule has 0 amide bonds. The van der Waals surface area contributed by atoms with Crippen LogP contribution in [0.2, 0.25) is 0 Å². The molecule has 0 aromatic carbocycles. The molecule has 3 heterocycles. The van der Waals surface area contributed by atoms with E-state index in [0.29, 0.717) is 5.82 Å². The molecule has 5 nitrogen and oxygen atoms in total. The molecule has 0 unspecified atom stereocenters. The number of nitrogen functional groups attached to an aromatic ring is 1. The molecule has 0 saturated carbocycles. The number of rotatable bonds is 4. The zero-order valence-corrected chi connectivity index (χ0v) is 12.6. The largest absolute Gasteiger partial charge is 0.383 e. The van der Waals surface area contributed by atoms with Gasteiger partial charge in [0.2, 0.25) is 0 Å². The zero-order chi connectivity index (χ0) is 14.7. The smallest absolute Gasteiger partial charge is 0.132 e. The van der Waals surface area contributed by atoms with Crippen molar-refractivity contribution in [3.05, 3.63) is 30.9 Å². The second kappa shape index (κ2) is 6.26. The topological polar surface area (TPSA) is 60.0 Å². The number of imidazole rings is 1. The summed E-state index contributed by atoms with van der Waals surface area (Å²) in [6, 6.07) is 3.92. The lowest BCUT2D eigenvalue weighted by Gasteiger charge is -2.29. The van der Waals surface area contributed by atoms with Crippen molar-refractivity contribution in [1.29, 1.82) is 0 Å². The summed E-state index contributed by atoms with van der Waals surface area (Å²) in [6.45, 7) is 3.44. The third-order valence-electron chi connectivity index (χ3n) is 4.44. The fraction of sp³-hybridized carbons (Fsp3) is 0.500. The van der Waals surface area contributed by atoms with Crippen molar-refractivity contribution in [3.63, 3.8) is 0 Å². The summed E-state index contributed by atoms with van der Waals surface area (Å²) >= 11 is 0. The summed E-state index contributed by atoms with van der Waals surface area (Å²) in [7, 11) is 2.20. The number of aromatic nitrogens is 3. The molecule has 21 heavy (non-hydrogen) atoms. The third-order valence-corrected chi connectivity index (χ3v) is 4.44. The molecule has 0 atom stereocenters. The number of piperidine rings is 1. The molecular formula is C16H23N5. The van der Waals surface area contributed by atoms with Crippen LogP contribution in [-0.2, 0) is 6.54 Å². The van der Waals surface area contributed by atoms with Gasteiger partial charge in [0.05, 0.1) is 18.2 Å². The highest BCUT2D eigenvalue weighted by Crippen LogP contribution is 2.25. The van der Waals surface area contributed by atoms with Gasteiger partial charge in [-0.1, -0.05) is 0 Å². The number of hydrogen-bond acceptors (Lipinski definition) is 4.